The summed E-state index contributed by atoms with van der Waals surface area (Å²) in [6.45, 7) is 4.07. The number of carbonyl (C=O) groups excluding carboxylic acids is 3. The first kappa shape index (κ1) is 17.0. The number of amides is 3. The summed E-state index contributed by atoms with van der Waals surface area (Å²) >= 11 is 0. The molecule has 24 heavy (non-hydrogen) atoms. The highest BCUT2D eigenvalue weighted by molar-refractivity contribution is 5.90. The molecule has 0 spiro atoms. The number of piperidine rings is 1. The van der Waals surface area contributed by atoms with E-state index >= 15 is 0 Å². The molecule has 0 bridgehead atoms. The molecule has 1 N–H and O–H groups in total. The minimum absolute atomic E-state index is 0.0314. The fraction of sp³-hybridized carbons (Fsp3) is 0.824. The van der Waals surface area contributed by atoms with Crippen molar-refractivity contribution >= 4 is 17.9 Å². The van der Waals surface area contributed by atoms with E-state index in [2.05, 4.69) is 5.32 Å². The first-order valence-electron chi connectivity index (χ1n) is 9.12. The second-order valence-corrected chi connectivity index (χ2v) is 6.93. The van der Waals surface area contributed by atoms with Crippen molar-refractivity contribution < 1.29 is 19.1 Å². The van der Waals surface area contributed by atoms with Crippen LogP contribution in [-0.2, 0) is 14.3 Å². The molecule has 2 aliphatic heterocycles. The van der Waals surface area contributed by atoms with Crippen LogP contribution in [0.15, 0.2) is 0 Å². The number of hydrogen-bond acceptors (Lipinski definition) is 4. The van der Waals surface area contributed by atoms with Crippen molar-refractivity contribution in [1.29, 1.82) is 0 Å². The molecule has 3 amide bonds. The van der Waals surface area contributed by atoms with E-state index in [-0.39, 0.29) is 35.9 Å². The van der Waals surface area contributed by atoms with Gasteiger partial charge in [-0.05, 0) is 45.4 Å². The highest BCUT2D eigenvalue weighted by Gasteiger charge is 2.41. The van der Waals surface area contributed by atoms with Crippen molar-refractivity contribution in [3.8, 4) is 0 Å². The molecule has 3 fully saturated rings. The molecule has 3 rings (SSSR count). The number of carbonyl (C=O) groups is 3. The fourth-order valence-electron chi connectivity index (χ4n) is 3.59. The Morgan fingerprint density at radius 2 is 1.75 bits per heavy atom. The van der Waals surface area contributed by atoms with Gasteiger partial charge in [0.25, 0.3) is 0 Å². The van der Waals surface area contributed by atoms with Crippen LogP contribution in [-0.4, -0.2) is 66.0 Å². The number of rotatable bonds is 4. The van der Waals surface area contributed by atoms with E-state index in [1.54, 1.807) is 16.7 Å². The van der Waals surface area contributed by atoms with Crippen molar-refractivity contribution in [2.24, 2.45) is 5.92 Å². The maximum Gasteiger partial charge on any atom is 0.409 e. The summed E-state index contributed by atoms with van der Waals surface area (Å²) in [5.41, 5.74) is 0. The zero-order valence-corrected chi connectivity index (χ0v) is 14.3. The van der Waals surface area contributed by atoms with Crippen molar-refractivity contribution in [2.45, 2.75) is 57.5 Å². The van der Waals surface area contributed by atoms with E-state index in [1.165, 1.54) is 0 Å². The molecule has 2 saturated heterocycles. The second kappa shape index (κ2) is 7.40. The minimum atomic E-state index is -0.304. The molecule has 1 atom stereocenters. The largest absolute Gasteiger partial charge is 0.450 e. The zero-order valence-electron chi connectivity index (χ0n) is 14.3. The van der Waals surface area contributed by atoms with Gasteiger partial charge in [-0.15, -0.1) is 0 Å². The number of likely N-dealkylation sites (tertiary alicyclic amines) is 2. The first-order chi connectivity index (χ1) is 11.6. The summed E-state index contributed by atoms with van der Waals surface area (Å²) in [7, 11) is 0. The van der Waals surface area contributed by atoms with Crippen LogP contribution in [0, 0.1) is 5.92 Å². The van der Waals surface area contributed by atoms with Gasteiger partial charge in [-0.3, -0.25) is 9.59 Å². The van der Waals surface area contributed by atoms with Gasteiger partial charge < -0.3 is 19.9 Å². The highest BCUT2D eigenvalue weighted by atomic mass is 16.6. The van der Waals surface area contributed by atoms with E-state index in [0.717, 1.165) is 38.5 Å². The average molecular weight is 337 g/mol. The van der Waals surface area contributed by atoms with Crippen molar-refractivity contribution in [3.05, 3.63) is 0 Å². The van der Waals surface area contributed by atoms with Gasteiger partial charge in [-0.25, -0.2) is 4.79 Å². The summed E-state index contributed by atoms with van der Waals surface area (Å²) < 4.78 is 5.00. The second-order valence-electron chi connectivity index (χ2n) is 6.93. The molecule has 0 aromatic carbocycles. The number of nitrogens with one attached hydrogen (secondary N) is 1. The average Bonchev–Trinajstić information content (AvgIpc) is 3.31. The highest BCUT2D eigenvalue weighted by Crippen LogP contribution is 2.33. The Bertz CT molecular complexity index is 498. The standard InChI is InChI=1S/C17H27N3O4/c1-2-24-17(23)19-10-7-13(8-11-19)18-15(21)14-4-3-9-20(14)16(22)12-5-6-12/h12-14H,2-11H2,1H3,(H,18,21). The molecule has 7 nitrogen and oxygen atoms in total. The van der Waals surface area contributed by atoms with E-state index < -0.39 is 0 Å². The quantitative estimate of drug-likeness (QED) is 0.834. The third-order valence-corrected chi connectivity index (χ3v) is 5.13. The van der Waals surface area contributed by atoms with Gasteiger partial charge in [0.2, 0.25) is 11.8 Å². The van der Waals surface area contributed by atoms with Crippen LogP contribution in [0.5, 0.6) is 0 Å². The zero-order chi connectivity index (χ0) is 17.1. The van der Waals surface area contributed by atoms with Gasteiger partial charge in [-0.2, -0.15) is 0 Å². The van der Waals surface area contributed by atoms with Crippen LogP contribution < -0.4 is 5.32 Å². The summed E-state index contributed by atoms with van der Waals surface area (Å²) in [6, 6.07) is -0.233. The van der Waals surface area contributed by atoms with Gasteiger partial charge in [0, 0.05) is 31.6 Å². The normalized spacial score (nSPS) is 24.8. The van der Waals surface area contributed by atoms with Crippen LogP contribution >= 0.6 is 0 Å². The molecule has 0 aromatic rings. The third-order valence-electron chi connectivity index (χ3n) is 5.13. The van der Waals surface area contributed by atoms with Crippen LogP contribution in [0.1, 0.15) is 45.4 Å². The molecular weight excluding hydrogens is 310 g/mol. The topological polar surface area (TPSA) is 79.0 Å². The minimum Gasteiger partial charge on any atom is -0.450 e. The molecule has 0 radical (unpaired) electrons. The molecule has 1 saturated carbocycles. The first-order valence-corrected chi connectivity index (χ1v) is 9.12. The summed E-state index contributed by atoms with van der Waals surface area (Å²) in [4.78, 5) is 40.0. The maximum atomic E-state index is 12.6. The molecule has 2 heterocycles. The van der Waals surface area contributed by atoms with Gasteiger partial charge in [0.05, 0.1) is 6.61 Å². The lowest BCUT2D eigenvalue weighted by atomic mass is 10.0. The van der Waals surface area contributed by atoms with Crippen LogP contribution in [0.25, 0.3) is 0 Å². The smallest absolute Gasteiger partial charge is 0.409 e. The Morgan fingerprint density at radius 1 is 1.04 bits per heavy atom. The van der Waals surface area contributed by atoms with Crippen molar-refractivity contribution in [2.75, 3.05) is 26.2 Å². The fourth-order valence-corrected chi connectivity index (χ4v) is 3.59. The number of ether oxygens (including phenoxy) is 1. The van der Waals surface area contributed by atoms with E-state index in [9.17, 15) is 14.4 Å². The SMILES string of the molecule is CCOC(=O)N1CCC(NC(=O)C2CCCN2C(=O)C2CC2)CC1. The van der Waals surface area contributed by atoms with Crippen LogP contribution in [0.4, 0.5) is 4.79 Å². The van der Waals surface area contributed by atoms with Crippen molar-refractivity contribution in [1.82, 2.24) is 15.1 Å². The molecule has 134 valence electrons. The Kier molecular flexibility index (Phi) is 5.26. The van der Waals surface area contributed by atoms with Gasteiger partial charge in [0.15, 0.2) is 0 Å². The lowest BCUT2D eigenvalue weighted by molar-refractivity contribution is -0.139. The maximum absolute atomic E-state index is 12.6. The monoisotopic (exact) mass is 337 g/mol. The van der Waals surface area contributed by atoms with Gasteiger partial charge in [-0.1, -0.05) is 0 Å². The number of nitrogens with zero attached hydrogens (tertiary/aromatic N) is 2. The van der Waals surface area contributed by atoms with E-state index in [1.807, 2.05) is 0 Å². The predicted octanol–water partition coefficient (Wildman–Crippen LogP) is 1.12. The van der Waals surface area contributed by atoms with Crippen molar-refractivity contribution in [3.63, 3.8) is 0 Å². The molecule has 1 aliphatic carbocycles. The lowest BCUT2D eigenvalue weighted by Gasteiger charge is -2.33. The molecule has 3 aliphatic rings. The van der Waals surface area contributed by atoms with Crippen LogP contribution in [0.2, 0.25) is 0 Å². The molecule has 7 heteroatoms. The Balaban J connectivity index is 1.47. The van der Waals surface area contributed by atoms with Gasteiger partial charge >= 0.3 is 6.09 Å². The van der Waals surface area contributed by atoms with Crippen LogP contribution in [0.3, 0.4) is 0 Å². The Labute approximate surface area is 142 Å². The summed E-state index contributed by atoms with van der Waals surface area (Å²) in [5.74, 6) is 0.284. The molecule has 1 unspecified atom stereocenters. The summed E-state index contributed by atoms with van der Waals surface area (Å²) in [5, 5.41) is 3.08. The Morgan fingerprint density at radius 3 is 2.38 bits per heavy atom. The predicted molar refractivity (Wildman–Crippen MR) is 87.2 cm³/mol. The lowest BCUT2D eigenvalue weighted by Crippen LogP contribution is -2.52. The van der Waals surface area contributed by atoms with Gasteiger partial charge in [0.1, 0.15) is 6.04 Å². The third kappa shape index (κ3) is 3.82. The number of hydrogen-bond donors (Lipinski definition) is 1. The van der Waals surface area contributed by atoms with E-state index in [0.29, 0.717) is 26.2 Å². The molecular formula is C17H27N3O4. The Hall–Kier alpha value is -1.79. The van der Waals surface area contributed by atoms with E-state index in [4.69, 9.17) is 4.74 Å². The molecule has 0 aromatic heterocycles. The summed E-state index contributed by atoms with van der Waals surface area (Å²) in [6.07, 6.45) is 4.77.